The minimum Gasteiger partial charge on any atom is -0.462 e. The van der Waals surface area contributed by atoms with Crippen LogP contribution in [-0.4, -0.2) is 37.2 Å². The summed E-state index contributed by atoms with van der Waals surface area (Å²) in [5.74, 6) is -0.881. The molecule has 0 spiro atoms. The molecular formula is C59H102O6. The van der Waals surface area contributed by atoms with Gasteiger partial charge in [0.05, 0.1) is 0 Å². The first kappa shape index (κ1) is 61.9. The van der Waals surface area contributed by atoms with E-state index in [2.05, 4.69) is 93.7 Å². The molecule has 374 valence electrons. The van der Waals surface area contributed by atoms with Gasteiger partial charge < -0.3 is 14.2 Å². The van der Waals surface area contributed by atoms with Gasteiger partial charge in [-0.3, -0.25) is 14.4 Å². The highest BCUT2D eigenvalue weighted by molar-refractivity contribution is 5.71. The molecule has 0 aromatic heterocycles. The smallest absolute Gasteiger partial charge is 0.306 e. The molecule has 6 heteroatoms. The van der Waals surface area contributed by atoms with Crippen LogP contribution in [0.1, 0.15) is 265 Å². The second-order valence-electron chi connectivity index (χ2n) is 18.1. The first-order valence-electron chi connectivity index (χ1n) is 27.4. The molecule has 6 nitrogen and oxygen atoms in total. The van der Waals surface area contributed by atoms with Crippen LogP contribution in [0.25, 0.3) is 0 Å². The van der Waals surface area contributed by atoms with E-state index in [9.17, 15) is 14.4 Å². The quantitative estimate of drug-likeness (QED) is 0.0262. The summed E-state index contributed by atoms with van der Waals surface area (Å²) >= 11 is 0. The number of rotatable bonds is 49. The molecule has 0 aliphatic carbocycles. The van der Waals surface area contributed by atoms with E-state index in [1.807, 2.05) is 0 Å². The van der Waals surface area contributed by atoms with Gasteiger partial charge in [0.2, 0.25) is 0 Å². The van der Waals surface area contributed by atoms with E-state index >= 15 is 0 Å². The molecule has 0 heterocycles. The monoisotopic (exact) mass is 907 g/mol. The predicted molar refractivity (Wildman–Crippen MR) is 279 cm³/mol. The van der Waals surface area contributed by atoms with E-state index in [4.69, 9.17) is 14.2 Å². The topological polar surface area (TPSA) is 78.9 Å². The Kier molecular flexibility index (Phi) is 50.9. The van der Waals surface area contributed by atoms with Gasteiger partial charge in [-0.05, 0) is 70.6 Å². The molecular weight excluding hydrogens is 805 g/mol. The van der Waals surface area contributed by atoms with Crippen molar-refractivity contribution < 1.29 is 28.6 Å². The van der Waals surface area contributed by atoms with Crippen LogP contribution in [0.3, 0.4) is 0 Å². The van der Waals surface area contributed by atoms with Crippen LogP contribution in [0.4, 0.5) is 0 Å². The largest absolute Gasteiger partial charge is 0.462 e. The summed E-state index contributed by atoms with van der Waals surface area (Å²) in [5.41, 5.74) is 0. The lowest BCUT2D eigenvalue weighted by Gasteiger charge is -2.18. The third-order valence-electron chi connectivity index (χ3n) is 11.7. The number of hydrogen-bond acceptors (Lipinski definition) is 6. The Balaban J connectivity index is 4.19. The molecule has 0 aromatic rings. The molecule has 0 saturated carbocycles. The van der Waals surface area contributed by atoms with Gasteiger partial charge in [-0.2, -0.15) is 0 Å². The summed E-state index contributed by atoms with van der Waals surface area (Å²) in [7, 11) is 0. The summed E-state index contributed by atoms with van der Waals surface area (Å²) in [6.07, 6.45) is 67.6. The average Bonchev–Trinajstić information content (AvgIpc) is 3.30. The summed E-state index contributed by atoms with van der Waals surface area (Å²) in [4.78, 5) is 37.9. The third kappa shape index (κ3) is 51.7. The van der Waals surface area contributed by atoms with Crippen molar-refractivity contribution in [3.63, 3.8) is 0 Å². The molecule has 0 fully saturated rings. The Morgan fingerprint density at radius 1 is 0.323 bits per heavy atom. The molecule has 1 atom stereocenters. The van der Waals surface area contributed by atoms with Gasteiger partial charge in [-0.25, -0.2) is 0 Å². The van der Waals surface area contributed by atoms with Gasteiger partial charge in [0.25, 0.3) is 0 Å². The van der Waals surface area contributed by atoms with Crippen molar-refractivity contribution >= 4 is 17.9 Å². The van der Waals surface area contributed by atoms with E-state index in [0.29, 0.717) is 19.3 Å². The first-order valence-corrected chi connectivity index (χ1v) is 27.4. The summed E-state index contributed by atoms with van der Waals surface area (Å²) in [6.45, 7) is 6.50. The second kappa shape index (κ2) is 53.5. The van der Waals surface area contributed by atoms with Crippen LogP contribution in [0, 0.1) is 0 Å². The Hall–Kier alpha value is -3.15. The molecule has 0 aliphatic heterocycles. The molecule has 0 aliphatic rings. The lowest BCUT2D eigenvalue weighted by molar-refractivity contribution is -0.167. The molecule has 1 unspecified atom stereocenters. The molecule has 0 bridgehead atoms. The Morgan fingerprint density at radius 2 is 0.600 bits per heavy atom. The first-order chi connectivity index (χ1) is 32.0. The second-order valence-corrected chi connectivity index (χ2v) is 18.1. The van der Waals surface area contributed by atoms with Crippen molar-refractivity contribution in [2.75, 3.05) is 13.2 Å². The van der Waals surface area contributed by atoms with Crippen LogP contribution in [0.2, 0.25) is 0 Å². The fourth-order valence-electron chi connectivity index (χ4n) is 7.62. The van der Waals surface area contributed by atoms with Crippen LogP contribution in [0.15, 0.2) is 72.9 Å². The molecule has 65 heavy (non-hydrogen) atoms. The van der Waals surface area contributed by atoms with E-state index in [1.165, 1.54) is 122 Å². The summed E-state index contributed by atoms with van der Waals surface area (Å²) in [6, 6.07) is 0. The van der Waals surface area contributed by atoms with Gasteiger partial charge in [-0.15, -0.1) is 0 Å². The van der Waals surface area contributed by atoms with E-state index in [1.54, 1.807) is 0 Å². The predicted octanol–water partition coefficient (Wildman–Crippen LogP) is 18.2. The SMILES string of the molecule is CC/C=C\C/C=C\C/C=C\C/C=C\C/C=C\C/C=C\CCCCCCCCCCC(=O)OCC(COC(=O)CCCCCCCCCCCC)OC(=O)CCCCCCCCCCCC. The van der Waals surface area contributed by atoms with Crippen LogP contribution >= 0.6 is 0 Å². The molecule has 0 radical (unpaired) electrons. The summed E-state index contributed by atoms with van der Waals surface area (Å²) < 4.78 is 16.8. The van der Waals surface area contributed by atoms with Crippen molar-refractivity contribution in [3.8, 4) is 0 Å². The van der Waals surface area contributed by atoms with Crippen LogP contribution in [-0.2, 0) is 28.6 Å². The lowest BCUT2D eigenvalue weighted by atomic mass is 10.1. The standard InChI is InChI=1S/C59H102O6/c1-4-7-10-13-16-19-22-23-24-25-26-27-28-29-30-31-32-33-34-35-36-37-38-41-43-46-49-52-58(61)64-55-56(65-59(62)53-50-47-44-40-21-18-15-12-9-6-3)54-63-57(60)51-48-45-42-39-20-17-14-11-8-5-2/h7,10,16,19,23-24,26-27,29-30,32-33,56H,4-6,8-9,11-15,17-18,20-22,25,28,31,34-55H2,1-3H3/b10-7-,19-16-,24-23-,27-26-,30-29-,33-32-. The molecule has 0 rings (SSSR count). The third-order valence-corrected chi connectivity index (χ3v) is 11.7. The Labute approximate surface area is 402 Å². The Morgan fingerprint density at radius 3 is 0.938 bits per heavy atom. The number of unbranched alkanes of at least 4 members (excludes halogenated alkanes) is 26. The number of carbonyl (C=O) groups is 3. The van der Waals surface area contributed by atoms with Crippen molar-refractivity contribution in [3.05, 3.63) is 72.9 Å². The highest BCUT2D eigenvalue weighted by Crippen LogP contribution is 2.15. The van der Waals surface area contributed by atoms with Gasteiger partial charge in [0.15, 0.2) is 6.10 Å². The normalized spacial score (nSPS) is 12.6. The lowest BCUT2D eigenvalue weighted by Crippen LogP contribution is -2.30. The Bertz CT molecular complexity index is 1230. The maximum absolute atomic E-state index is 12.7. The minimum atomic E-state index is -0.773. The number of ether oxygens (including phenoxy) is 3. The van der Waals surface area contributed by atoms with E-state index in [-0.39, 0.29) is 31.1 Å². The van der Waals surface area contributed by atoms with Crippen LogP contribution in [0.5, 0.6) is 0 Å². The van der Waals surface area contributed by atoms with Crippen molar-refractivity contribution in [1.82, 2.24) is 0 Å². The zero-order valence-electron chi connectivity index (χ0n) is 42.7. The summed E-state index contributed by atoms with van der Waals surface area (Å²) in [5, 5.41) is 0. The van der Waals surface area contributed by atoms with Crippen molar-refractivity contribution in [2.24, 2.45) is 0 Å². The van der Waals surface area contributed by atoms with Crippen molar-refractivity contribution in [1.29, 1.82) is 0 Å². The molecule has 0 N–H and O–H groups in total. The maximum Gasteiger partial charge on any atom is 0.306 e. The van der Waals surface area contributed by atoms with Gasteiger partial charge >= 0.3 is 17.9 Å². The zero-order valence-corrected chi connectivity index (χ0v) is 42.7. The number of esters is 3. The van der Waals surface area contributed by atoms with Gasteiger partial charge in [-0.1, -0.05) is 248 Å². The zero-order chi connectivity index (χ0) is 47.2. The van der Waals surface area contributed by atoms with Gasteiger partial charge in [0.1, 0.15) is 13.2 Å². The molecule has 0 saturated heterocycles. The van der Waals surface area contributed by atoms with E-state index < -0.39 is 6.10 Å². The average molecular weight is 907 g/mol. The molecule has 0 amide bonds. The number of carbonyl (C=O) groups excluding carboxylic acids is 3. The minimum absolute atomic E-state index is 0.0744. The number of allylic oxidation sites excluding steroid dienone is 12. The highest BCUT2D eigenvalue weighted by atomic mass is 16.6. The van der Waals surface area contributed by atoms with Gasteiger partial charge in [0, 0.05) is 19.3 Å². The van der Waals surface area contributed by atoms with Crippen LogP contribution < -0.4 is 0 Å². The van der Waals surface area contributed by atoms with E-state index in [0.717, 1.165) is 103 Å². The fourth-order valence-corrected chi connectivity index (χ4v) is 7.62. The highest BCUT2D eigenvalue weighted by Gasteiger charge is 2.19. The maximum atomic E-state index is 12.7. The van der Waals surface area contributed by atoms with Crippen molar-refractivity contribution in [2.45, 2.75) is 271 Å². The number of hydrogen-bond donors (Lipinski definition) is 0. The molecule has 0 aromatic carbocycles. The fraction of sp³-hybridized carbons (Fsp3) is 0.746.